The highest BCUT2D eigenvalue weighted by Gasteiger charge is 2.49. The summed E-state index contributed by atoms with van der Waals surface area (Å²) in [6.07, 6.45) is 1.88. The minimum absolute atomic E-state index is 0.195. The van der Waals surface area contributed by atoms with Gasteiger partial charge in [0, 0.05) is 35.8 Å². The molecule has 25 heavy (non-hydrogen) atoms. The second kappa shape index (κ2) is 7.22. The highest BCUT2D eigenvalue weighted by atomic mass is 35.5. The van der Waals surface area contributed by atoms with Gasteiger partial charge in [0.05, 0.1) is 18.9 Å². The van der Waals surface area contributed by atoms with E-state index in [-0.39, 0.29) is 11.3 Å². The molecule has 7 heteroatoms. The molecular weight excluding hydrogens is 346 g/mol. The summed E-state index contributed by atoms with van der Waals surface area (Å²) in [7, 11) is 1.61. The van der Waals surface area contributed by atoms with Gasteiger partial charge in [-0.05, 0) is 37.5 Å². The number of ether oxygens (including phenoxy) is 2. The summed E-state index contributed by atoms with van der Waals surface area (Å²) in [5.74, 6) is -1.34. The molecule has 1 saturated carbocycles. The number of aliphatic carboxylic acids is 1. The first-order valence-electron chi connectivity index (χ1n) is 8.39. The molecule has 0 spiro atoms. The zero-order chi connectivity index (χ0) is 18.0. The minimum atomic E-state index is -0.905. The number of amides is 1. The summed E-state index contributed by atoms with van der Waals surface area (Å²) in [5.41, 5.74) is 0.620. The summed E-state index contributed by atoms with van der Waals surface area (Å²) < 4.78 is 11.0. The van der Waals surface area contributed by atoms with Crippen molar-refractivity contribution in [2.75, 3.05) is 26.9 Å². The van der Waals surface area contributed by atoms with Crippen LogP contribution in [0.1, 0.15) is 24.8 Å². The Morgan fingerprint density at radius 2 is 2.08 bits per heavy atom. The van der Waals surface area contributed by atoms with Gasteiger partial charge in [-0.3, -0.25) is 9.59 Å². The third-order valence-electron chi connectivity index (χ3n) is 5.23. The van der Waals surface area contributed by atoms with Gasteiger partial charge in [0.1, 0.15) is 5.75 Å². The highest BCUT2D eigenvalue weighted by molar-refractivity contribution is 6.30. The van der Waals surface area contributed by atoms with E-state index in [2.05, 4.69) is 5.32 Å². The SMILES string of the molecule is COc1ccc(Cl)cc1C1(CNC(=O)[C@H]2C[C@@H]2C(=O)O)CCOCC1. The van der Waals surface area contributed by atoms with Gasteiger partial charge in [-0.25, -0.2) is 0 Å². The van der Waals surface area contributed by atoms with Crippen LogP contribution in [0.15, 0.2) is 18.2 Å². The van der Waals surface area contributed by atoms with Gasteiger partial charge in [-0.15, -0.1) is 0 Å². The van der Waals surface area contributed by atoms with Crippen molar-refractivity contribution in [3.8, 4) is 5.75 Å². The fourth-order valence-electron chi connectivity index (χ4n) is 3.54. The number of nitrogens with one attached hydrogen (secondary N) is 1. The van der Waals surface area contributed by atoms with E-state index >= 15 is 0 Å². The molecule has 1 aromatic carbocycles. The Morgan fingerprint density at radius 1 is 1.36 bits per heavy atom. The molecule has 1 aromatic rings. The summed E-state index contributed by atoms with van der Waals surface area (Å²) in [6.45, 7) is 1.59. The molecule has 1 heterocycles. The van der Waals surface area contributed by atoms with Crippen molar-refractivity contribution in [2.24, 2.45) is 11.8 Å². The molecule has 0 unspecified atom stereocenters. The van der Waals surface area contributed by atoms with Crippen LogP contribution < -0.4 is 10.1 Å². The molecule has 0 radical (unpaired) electrons. The van der Waals surface area contributed by atoms with Gasteiger partial charge in [0.25, 0.3) is 0 Å². The molecular formula is C18H22ClNO5. The normalized spacial score (nSPS) is 24.4. The van der Waals surface area contributed by atoms with Gasteiger partial charge < -0.3 is 19.9 Å². The standard InChI is InChI=1S/C18H22ClNO5/c1-24-15-3-2-11(19)8-14(15)18(4-6-25-7-5-18)10-20-16(21)12-9-13(12)17(22)23/h2-3,8,12-13H,4-7,9-10H2,1H3,(H,20,21)(H,22,23)/t12-,13-/m0/s1. The number of carbonyl (C=O) groups excluding carboxylic acids is 1. The van der Waals surface area contributed by atoms with E-state index < -0.39 is 17.8 Å². The fourth-order valence-corrected chi connectivity index (χ4v) is 3.72. The fraction of sp³-hybridized carbons (Fsp3) is 0.556. The third-order valence-corrected chi connectivity index (χ3v) is 5.46. The van der Waals surface area contributed by atoms with Crippen LogP contribution in [0.5, 0.6) is 5.75 Å². The summed E-state index contributed by atoms with van der Waals surface area (Å²) in [5, 5.41) is 12.6. The Balaban J connectivity index is 1.79. The molecule has 0 aromatic heterocycles. The number of carboxylic acids is 1. The largest absolute Gasteiger partial charge is 0.496 e. The van der Waals surface area contributed by atoms with Crippen molar-refractivity contribution < 1.29 is 24.2 Å². The molecule has 3 rings (SSSR count). The summed E-state index contributed by atoms with van der Waals surface area (Å²) in [4.78, 5) is 23.3. The van der Waals surface area contributed by atoms with E-state index in [4.69, 9.17) is 26.2 Å². The number of hydrogen-bond donors (Lipinski definition) is 2. The van der Waals surface area contributed by atoms with E-state index in [1.54, 1.807) is 13.2 Å². The second-order valence-corrected chi connectivity index (χ2v) is 7.18. The predicted molar refractivity (Wildman–Crippen MR) is 92.0 cm³/mol. The van der Waals surface area contributed by atoms with Crippen molar-refractivity contribution >= 4 is 23.5 Å². The maximum Gasteiger partial charge on any atom is 0.307 e. The minimum Gasteiger partial charge on any atom is -0.496 e. The lowest BCUT2D eigenvalue weighted by molar-refractivity contribution is -0.140. The number of rotatable bonds is 6. The molecule has 2 N–H and O–H groups in total. The van der Waals surface area contributed by atoms with Crippen molar-refractivity contribution in [3.63, 3.8) is 0 Å². The number of hydrogen-bond acceptors (Lipinski definition) is 4. The predicted octanol–water partition coefficient (Wildman–Crippen LogP) is 2.23. The number of carboxylic acid groups (broad SMARTS) is 1. The van der Waals surface area contributed by atoms with Gasteiger partial charge in [-0.2, -0.15) is 0 Å². The van der Waals surface area contributed by atoms with E-state index in [1.165, 1.54) is 0 Å². The van der Waals surface area contributed by atoms with Gasteiger partial charge in [-0.1, -0.05) is 11.6 Å². The Labute approximate surface area is 151 Å². The molecule has 2 aliphatic rings. The third kappa shape index (κ3) is 3.75. The maximum atomic E-state index is 12.3. The Kier molecular flexibility index (Phi) is 5.20. The average Bonchev–Trinajstić information content (AvgIpc) is 3.41. The Hall–Kier alpha value is -1.79. The number of benzene rings is 1. The van der Waals surface area contributed by atoms with Crippen LogP contribution >= 0.6 is 11.6 Å². The van der Waals surface area contributed by atoms with Crippen LogP contribution in [-0.4, -0.2) is 43.9 Å². The Morgan fingerprint density at radius 3 is 2.68 bits per heavy atom. The topological polar surface area (TPSA) is 84.9 Å². The molecule has 1 amide bonds. The molecule has 0 bridgehead atoms. The number of halogens is 1. The van der Waals surface area contributed by atoms with Crippen molar-refractivity contribution in [1.29, 1.82) is 0 Å². The van der Waals surface area contributed by atoms with Gasteiger partial charge in [0.15, 0.2) is 0 Å². The van der Waals surface area contributed by atoms with Crippen LogP contribution in [0, 0.1) is 11.8 Å². The molecule has 2 atom stereocenters. The van der Waals surface area contributed by atoms with Crippen LogP contribution in [0.2, 0.25) is 5.02 Å². The molecule has 2 fully saturated rings. The molecule has 1 aliphatic carbocycles. The number of methoxy groups -OCH3 is 1. The van der Waals surface area contributed by atoms with Crippen molar-refractivity contribution in [2.45, 2.75) is 24.7 Å². The first-order chi connectivity index (χ1) is 12.0. The average molecular weight is 368 g/mol. The quantitative estimate of drug-likeness (QED) is 0.805. The van der Waals surface area contributed by atoms with E-state index in [9.17, 15) is 9.59 Å². The summed E-state index contributed by atoms with van der Waals surface area (Å²) >= 11 is 6.19. The van der Waals surface area contributed by atoms with E-state index in [1.807, 2.05) is 12.1 Å². The Bertz CT molecular complexity index is 671. The molecule has 1 aliphatic heterocycles. The maximum absolute atomic E-state index is 12.3. The van der Waals surface area contributed by atoms with Crippen LogP contribution in [-0.2, 0) is 19.7 Å². The molecule has 6 nitrogen and oxygen atoms in total. The van der Waals surface area contributed by atoms with Crippen molar-refractivity contribution in [1.82, 2.24) is 5.32 Å². The monoisotopic (exact) mass is 367 g/mol. The molecule has 136 valence electrons. The lowest BCUT2D eigenvalue weighted by Crippen LogP contribution is -2.45. The molecule has 1 saturated heterocycles. The first kappa shape index (κ1) is 18.0. The first-order valence-corrected chi connectivity index (χ1v) is 8.77. The summed E-state index contributed by atoms with van der Waals surface area (Å²) in [6, 6.07) is 5.49. The smallest absolute Gasteiger partial charge is 0.307 e. The highest BCUT2D eigenvalue weighted by Crippen LogP contribution is 2.42. The van der Waals surface area contributed by atoms with Crippen LogP contribution in [0.4, 0.5) is 0 Å². The second-order valence-electron chi connectivity index (χ2n) is 6.74. The number of carbonyl (C=O) groups is 2. The zero-order valence-electron chi connectivity index (χ0n) is 14.1. The zero-order valence-corrected chi connectivity index (χ0v) is 14.8. The van der Waals surface area contributed by atoms with Crippen LogP contribution in [0.3, 0.4) is 0 Å². The van der Waals surface area contributed by atoms with Gasteiger partial charge >= 0.3 is 5.97 Å². The van der Waals surface area contributed by atoms with E-state index in [0.29, 0.717) is 31.2 Å². The van der Waals surface area contributed by atoms with Crippen LogP contribution in [0.25, 0.3) is 0 Å². The lowest BCUT2D eigenvalue weighted by atomic mass is 9.73. The van der Waals surface area contributed by atoms with Crippen molar-refractivity contribution in [3.05, 3.63) is 28.8 Å². The van der Waals surface area contributed by atoms with E-state index in [0.717, 1.165) is 24.2 Å². The lowest BCUT2D eigenvalue weighted by Gasteiger charge is -2.38. The van der Waals surface area contributed by atoms with Gasteiger partial charge in [0.2, 0.25) is 5.91 Å².